The number of phenols is 1. The first-order valence-electron chi connectivity index (χ1n) is 4.94. The molecule has 0 aromatic heterocycles. The molecule has 0 saturated carbocycles. The van der Waals surface area contributed by atoms with Crippen molar-refractivity contribution < 1.29 is 14.6 Å². The van der Waals surface area contributed by atoms with Crippen molar-refractivity contribution in [3.05, 3.63) is 28.8 Å². The van der Waals surface area contributed by atoms with Crippen LogP contribution in [0.4, 0.5) is 0 Å². The van der Waals surface area contributed by atoms with Gasteiger partial charge in [-0.2, -0.15) is 0 Å². The Hall–Kier alpha value is -1.35. The third kappa shape index (κ3) is 2.57. The number of benzene rings is 1. The van der Waals surface area contributed by atoms with Crippen molar-refractivity contribution in [1.82, 2.24) is 0 Å². The monoisotopic (exact) mass is 208 g/mol. The van der Waals surface area contributed by atoms with Gasteiger partial charge in [0.2, 0.25) is 0 Å². The summed E-state index contributed by atoms with van der Waals surface area (Å²) < 4.78 is 5.01. The zero-order valence-corrected chi connectivity index (χ0v) is 9.33. The van der Waals surface area contributed by atoms with E-state index in [2.05, 4.69) is 0 Å². The summed E-state index contributed by atoms with van der Waals surface area (Å²) >= 11 is 0. The van der Waals surface area contributed by atoms with Crippen molar-refractivity contribution in [2.45, 2.75) is 26.9 Å². The molecule has 0 amide bonds. The first-order chi connectivity index (χ1) is 7.10. The molecular formula is C12H16O3. The van der Waals surface area contributed by atoms with Crippen LogP contribution >= 0.6 is 0 Å². The topological polar surface area (TPSA) is 46.5 Å². The lowest BCUT2D eigenvalue weighted by molar-refractivity contribution is 0.101. The third-order valence-corrected chi connectivity index (χ3v) is 2.32. The van der Waals surface area contributed by atoms with E-state index in [1.807, 2.05) is 13.0 Å². The number of Topliss-reactive ketones (excluding diaryl/α,β-unsaturated/α-hetero) is 1. The fourth-order valence-electron chi connectivity index (χ4n) is 1.55. The molecule has 1 aromatic rings. The lowest BCUT2D eigenvalue weighted by Crippen LogP contribution is -1.99. The largest absolute Gasteiger partial charge is 0.507 e. The number of aryl methyl sites for hydroxylation is 1. The van der Waals surface area contributed by atoms with E-state index >= 15 is 0 Å². The number of phenolic OH excluding ortho intramolecular Hbond substituents is 1. The van der Waals surface area contributed by atoms with Crippen LogP contribution in [0.5, 0.6) is 5.75 Å². The number of ketones is 1. The maximum absolute atomic E-state index is 11.3. The van der Waals surface area contributed by atoms with Gasteiger partial charge in [-0.1, -0.05) is 6.92 Å². The highest BCUT2D eigenvalue weighted by atomic mass is 16.5. The normalized spacial score (nSPS) is 10.3. The summed E-state index contributed by atoms with van der Waals surface area (Å²) in [5.74, 6) is -0.0231. The van der Waals surface area contributed by atoms with Gasteiger partial charge in [0, 0.05) is 7.11 Å². The number of ether oxygens (including phenoxy) is 1. The van der Waals surface area contributed by atoms with Crippen LogP contribution in [0, 0.1) is 0 Å². The number of carbonyl (C=O) groups excluding carboxylic acids is 1. The van der Waals surface area contributed by atoms with Gasteiger partial charge in [0.05, 0.1) is 12.2 Å². The minimum Gasteiger partial charge on any atom is -0.507 e. The Balaban J connectivity index is 3.25. The van der Waals surface area contributed by atoms with E-state index in [0.29, 0.717) is 18.6 Å². The highest BCUT2D eigenvalue weighted by Gasteiger charge is 2.12. The van der Waals surface area contributed by atoms with Gasteiger partial charge in [0.25, 0.3) is 0 Å². The second kappa shape index (κ2) is 4.94. The Bertz CT molecular complexity index is 369. The summed E-state index contributed by atoms with van der Waals surface area (Å²) in [6, 6.07) is 3.55. The van der Waals surface area contributed by atoms with Crippen molar-refractivity contribution in [3.63, 3.8) is 0 Å². The van der Waals surface area contributed by atoms with Crippen molar-refractivity contribution >= 4 is 5.78 Å². The van der Waals surface area contributed by atoms with E-state index in [1.54, 1.807) is 13.2 Å². The fourth-order valence-corrected chi connectivity index (χ4v) is 1.55. The number of methoxy groups -OCH3 is 1. The van der Waals surface area contributed by atoms with Crippen molar-refractivity contribution in [1.29, 1.82) is 0 Å². The van der Waals surface area contributed by atoms with E-state index in [4.69, 9.17) is 4.74 Å². The molecule has 1 rings (SSSR count). The SMILES string of the molecule is CCc1cc(COC)cc(C(C)=O)c1O. The van der Waals surface area contributed by atoms with Crippen molar-refractivity contribution in [2.75, 3.05) is 7.11 Å². The number of hydrogen-bond donors (Lipinski definition) is 1. The third-order valence-electron chi connectivity index (χ3n) is 2.32. The Morgan fingerprint density at radius 1 is 1.47 bits per heavy atom. The Morgan fingerprint density at radius 3 is 2.60 bits per heavy atom. The number of hydrogen-bond acceptors (Lipinski definition) is 3. The predicted molar refractivity (Wildman–Crippen MR) is 58.2 cm³/mol. The van der Waals surface area contributed by atoms with Gasteiger partial charge in [-0.25, -0.2) is 0 Å². The Labute approximate surface area is 89.7 Å². The van der Waals surface area contributed by atoms with E-state index in [1.165, 1.54) is 6.92 Å². The van der Waals surface area contributed by atoms with Crippen LogP contribution in [-0.2, 0) is 17.8 Å². The molecule has 0 bridgehead atoms. The minimum atomic E-state index is -0.125. The molecule has 0 radical (unpaired) electrons. The zero-order valence-electron chi connectivity index (χ0n) is 9.33. The van der Waals surface area contributed by atoms with Crippen LogP contribution in [0.25, 0.3) is 0 Å². The molecule has 0 saturated heterocycles. The quantitative estimate of drug-likeness (QED) is 0.772. The summed E-state index contributed by atoms with van der Waals surface area (Å²) in [6.45, 7) is 3.84. The summed E-state index contributed by atoms with van der Waals surface area (Å²) in [5, 5.41) is 9.79. The van der Waals surface area contributed by atoms with Gasteiger partial charge in [-0.05, 0) is 36.6 Å². The summed E-state index contributed by atoms with van der Waals surface area (Å²) in [4.78, 5) is 11.3. The van der Waals surface area contributed by atoms with Crippen LogP contribution < -0.4 is 0 Å². The predicted octanol–water partition coefficient (Wildman–Crippen LogP) is 2.30. The number of aromatic hydroxyl groups is 1. The molecule has 3 nitrogen and oxygen atoms in total. The average molecular weight is 208 g/mol. The summed E-state index contributed by atoms with van der Waals surface area (Å²) in [5.41, 5.74) is 2.08. The zero-order chi connectivity index (χ0) is 11.4. The molecule has 0 aliphatic heterocycles. The van der Waals surface area contributed by atoms with Crippen LogP contribution in [0.3, 0.4) is 0 Å². The molecule has 0 aliphatic carbocycles. The van der Waals surface area contributed by atoms with Crippen molar-refractivity contribution in [3.8, 4) is 5.75 Å². The van der Waals surface area contributed by atoms with E-state index in [-0.39, 0.29) is 11.5 Å². The fraction of sp³-hybridized carbons (Fsp3) is 0.417. The molecule has 15 heavy (non-hydrogen) atoms. The number of rotatable bonds is 4. The molecular weight excluding hydrogens is 192 g/mol. The molecule has 0 atom stereocenters. The summed E-state index contributed by atoms with van der Waals surface area (Å²) in [6.07, 6.45) is 0.698. The minimum absolute atomic E-state index is 0.102. The Kier molecular flexibility index (Phi) is 3.86. The molecule has 3 heteroatoms. The maximum Gasteiger partial charge on any atom is 0.163 e. The average Bonchev–Trinajstić information content (AvgIpc) is 2.20. The molecule has 82 valence electrons. The maximum atomic E-state index is 11.3. The van der Waals surface area contributed by atoms with Crippen LogP contribution in [0.2, 0.25) is 0 Å². The molecule has 0 aliphatic rings. The first-order valence-corrected chi connectivity index (χ1v) is 4.94. The van der Waals surface area contributed by atoms with Crippen molar-refractivity contribution in [2.24, 2.45) is 0 Å². The molecule has 1 N–H and O–H groups in total. The van der Waals surface area contributed by atoms with E-state index < -0.39 is 0 Å². The van der Waals surface area contributed by atoms with Gasteiger partial charge in [0.1, 0.15) is 5.75 Å². The van der Waals surface area contributed by atoms with Gasteiger partial charge < -0.3 is 9.84 Å². The second-order valence-corrected chi connectivity index (χ2v) is 3.49. The summed E-state index contributed by atoms with van der Waals surface area (Å²) in [7, 11) is 1.60. The second-order valence-electron chi connectivity index (χ2n) is 3.49. The highest BCUT2D eigenvalue weighted by molar-refractivity contribution is 5.97. The van der Waals surface area contributed by atoms with Crippen LogP contribution in [0.1, 0.15) is 35.3 Å². The number of carbonyl (C=O) groups is 1. The molecule has 0 spiro atoms. The van der Waals surface area contributed by atoms with Crippen LogP contribution in [0.15, 0.2) is 12.1 Å². The first kappa shape index (κ1) is 11.7. The standard InChI is InChI=1S/C12H16O3/c1-4-10-5-9(7-15-3)6-11(8(2)13)12(10)14/h5-6,14H,4,7H2,1-3H3. The molecule has 0 unspecified atom stereocenters. The molecule has 1 aromatic carbocycles. The lowest BCUT2D eigenvalue weighted by Gasteiger charge is -2.09. The molecule has 0 fully saturated rings. The van der Waals surface area contributed by atoms with Gasteiger partial charge >= 0.3 is 0 Å². The van der Waals surface area contributed by atoms with Gasteiger partial charge in [-0.3, -0.25) is 4.79 Å². The molecule has 0 heterocycles. The van der Waals surface area contributed by atoms with Gasteiger partial charge in [-0.15, -0.1) is 0 Å². The Morgan fingerprint density at radius 2 is 2.13 bits per heavy atom. The highest BCUT2D eigenvalue weighted by Crippen LogP contribution is 2.25. The van der Waals surface area contributed by atoms with Gasteiger partial charge in [0.15, 0.2) is 5.78 Å². The van der Waals surface area contributed by atoms with Crippen LogP contribution in [-0.4, -0.2) is 18.0 Å². The smallest absolute Gasteiger partial charge is 0.163 e. The lowest BCUT2D eigenvalue weighted by atomic mass is 10.0. The van der Waals surface area contributed by atoms with E-state index in [9.17, 15) is 9.90 Å². The van der Waals surface area contributed by atoms with E-state index in [0.717, 1.165) is 11.1 Å².